The van der Waals surface area contributed by atoms with Crippen LogP contribution >= 0.6 is 0 Å². The van der Waals surface area contributed by atoms with Crippen LogP contribution in [0.15, 0.2) is 71.8 Å². The summed E-state index contributed by atoms with van der Waals surface area (Å²) in [6.45, 7) is 0. The molecule has 0 bridgehead atoms. The highest BCUT2D eigenvalue weighted by Gasteiger charge is 2.31. The third kappa shape index (κ3) is 3.62. The van der Waals surface area contributed by atoms with Crippen molar-refractivity contribution in [2.75, 3.05) is 5.32 Å². The number of carbonyl (C=O) groups excluding carboxylic acids is 1. The molecule has 0 saturated heterocycles. The number of aromatic amines is 1. The van der Waals surface area contributed by atoms with Crippen molar-refractivity contribution in [1.82, 2.24) is 14.8 Å². The SMILES string of the molecule is O=C(Nc1cc(C(F)(F)F)ccc1-n1cccn1)c1cc(=O)[nH]c2ccccc12. The van der Waals surface area contributed by atoms with Gasteiger partial charge in [-0.2, -0.15) is 18.3 Å². The van der Waals surface area contributed by atoms with Crippen LogP contribution in [-0.2, 0) is 6.18 Å². The summed E-state index contributed by atoms with van der Waals surface area (Å²) in [4.78, 5) is 27.4. The maximum absolute atomic E-state index is 13.2. The van der Waals surface area contributed by atoms with Crippen molar-refractivity contribution in [2.45, 2.75) is 6.18 Å². The summed E-state index contributed by atoms with van der Waals surface area (Å²) in [5, 5.41) is 6.98. The molecule has 0 saturated carbocycles. The molecule has 0 fully saturated rings. The van der Waals surface area contributed by atoms with Crippen LogP contribution in [0, 0.1) is 0 Å². The van der Waals surface area contributed by atoms with Crippen LogP contribution in [-0.4, -0.2) is 20.7 Å². The van der Waals surface area contributed by atoms with Gasteiger partial charge in [-0.15, -0.1) is 0 Å². The van der Waals surface area contributed by atoms with E-state index in [2.05, 4.69) is 15.4 Å². The molecule has 0 unspecified atom stereocenters. The minimum atomic E-state index is -4.58. The largest absolute Gasteiger partial charge is 0.416 e. The molecule has 9 heteroatoms. The van der Waals surface area contributed by atoms with Crippen molar-refractivity contribution in [2.24, 2.45) is 0 Å². The number of nitrogens with zero attached hydrogens (tertiary/aromatic N) is 2. The average Bonchev–Trinajstić information content (AvgIpc) is 3.21. The normalized spacial score (nSPS) is 11.6. The number of hydrogen-bond acceptors (Lipinski definition) is 3. The van der Waals surface area contributed by atoms with Gasteiger partial charge in [0.2, 0.25) is 5.56 Å². The third-order valence-corrected chi connectivity index (χ3v) is 4.32. The van der Waals surface area contributed by atoms with Crippen molar-refractivity contribution in [1.29, 1.82) is 0 Å². The number of alkyl halides is 3. The van der Waals surface area contributed by atoms with E-state index in [0.717, 1.165) is 18.2 Å². The van der Waals surface area contributed by atoms with Crippen molar-refractivity contribution in [3.8, 4) is 5.69 Å². The van der Waals surface area contributed by atoms with Gasteiger partial charge in [-0.1, -0.05) is 18.2 Å². The summed E-state index contributed by atoms with van der Waals surface area (Å²) in [7, 11) is 0. The molecule has 2 heterocycles. The fourth-order valence-electron chi connectivity index (χ4n) is 3.01. The van der Waals surface area contributed by atoms with E-state index in [1.165, 1.54) is 16.9 Å². The van der Waals surface area contributed by atoms with E-state index in [1.54, 1.807) is 36.5 Å². The zero-order valence-corrected chi connectivity index (χ0v) is 14.7. The first-order valence-corrected chi connectivity index (χ1v) is 8.47. The van der Waals surface area contributed by atoms with Crippen LogP contribution in [0.25, 0.3) is 16.6 Å². The van der Waals surface area contributed by atoms with Crippen LogP contribution in [0.5, 0.6) is 0 Å². The van der Waals surface area contributed by atoms with Crippen LogP contribution in [0.1, 0.15) is 15.9 Å². The lowest BCUT2D eigenvalue weighted by atomic mass is 10.1. The minimum absolute atomic E-state index is 0.0492. The molecule has 4 aromatic rings. The summed E-state index contributed by atoms with van der Waals surface area (Å²) < 4.78 is 40.9. The minimum Gasteiger partial charge on any atom is -0.322 e. The molecular formula is C20H13F3N4O2. The molecule has 2 N–H and O–H groups in total. The standard InChI is InChI=1S/C20H13F3N4O2/c21-20(22,23)12-6-7-17(27-9-3-8-24-27)16(10-12)26-19(29)14-11-18(28)25-15-5-2-1-4-13(14)15/h1-11H,(H,25,28)(H,26,29). The molecular weight excluding hydrogens is 385 g/mol. The molecule has 1 amide bonds. The predicted molar refractivity (Wildman–Crippen MR) is 101 cm³/mol. The summed E-state index contributed by atoms with van der Waals surface area (Å²) in [5.74, 6) is -0.708. The van der Waals surface area contributed by atoms with E-state index in [0.29, 0.717) is 10.9 Å². The Balaban J connectivity index is 1.81. The molecule has 0 atom stereocenters. The summed E-state index contributed by atoms with van der Waals surface area (Å²) >= 11 is 0. The Morgan fingerprint density at radius 2 is 1.86 bits per heavy atom. The number of amides is 1. The van der Waals surface area contributed by atoms with Gasteiger partial charge in [0.25, 0.3) is 5.91 Å². The monoisotopic (exact) mass is 398 g/mol. The van der Waals surface area contributed by atoms with Crippen LogP contribution in [0.4, 0.5) is 18.9 Å². The first-order chi connectivity index (χ1) is 13.8. The first-order valence-electron chi connectivity index (χ1n) is 8.47. The summed E-state index contributed by atoms with van der Waals surface area (Å²) in [6.07, 6.45) is -1.58. The number of H-pyrrole nitrogens is 1. The van der Waals surface area contributed by atoms with Crippen molar-refractivity contribution < 1.29 is 18.0 Å². The van der Waals surface area contributed by atoms with Gasteiger partial charge in [0.1, 0.15) is 0 Å². The van der Waals surface area contributed by atoms with Crippen molar-refractivity contribution in [3.63, 3.8) is 0 Å². The van der Waals surface area contributed by atoms with E-state index >= 15 is 0 Å². The predicted octanol–water partition coefficient (Wildman–Crippen LogP) is 3.98. The molecule has 0 aliphatic rings. The van der Waals surface area contributed by atoms with Gasteiger partial charge >= 0.3 is 6.18 Å². The fraction of sp³-hybridized carbons (Fsp3) is 0.0500. The van der Waals surface area contributed by atoms with Crippen molar-refractivity contribution in [3.05, 3.63) is 88.5 Å². The highest BCUT2D eigenvalue weighted by molar-refractivity contribution is 6.12. The summed E-state index contributed by atoms with van der Waals surface area (Å²) in [5.41, 5.74) is -0.747. The first kappa shape index (κ1) is 18.5. The van der Waals surface area contributed by atoms with Gasteiger partial charge in [-0.3, -0.25) is 9.59 Å². The second-order valence-electron chi connectivity index (χ2n) is 6.23. The van der Waals surface area contributed by atoms with E-state index in [1.807, 2.05) is 0 Å². The third-order valence-electron chi connectivity index (χ3n) is 4.32. The number of fused-ring (bicyclic) bond motifs is 1. The Morgan fingerprint density at radius 3 is 2.59 bits per heavy atom. The number of aromatic nitrogens is 3. The molecule has 29 heavy (non-hydrogen) atoms. The lowest BCUT2D eigenvalue weighted by molar-refractivity contribution is -0.137. The average molecular weight is 398 g/mol. The van der Waals surface area contributed by atoms with Crippen LogP contribution in [0.2, 0.25) is 0 Å². The Kier molecular flexibility index (Phi) is 4.42. The second-order valence-corrected chi connectivity index (χ2v) is 6.23. The number of hydrogen-bond donors (Lipinski definition) is 2. The molecule has 0 aliphatic carbocycles. The zero-order chi connectivity index (χ0) is 20.6. The highest BCUT2D eigenvalue weighted by atomic mass is 19.4. The number of rotatable bonds is 3. The molecule has 4 rings (SSSR count). The molecule has 6 nitrogen and oxygen atoms in total. The smallest absolute Gasteiger partial charge is 0.322 e. The zero-order valence-electron chi connectivity index (χ0n) is 14.7. The van der Waals surface area contributed by atoms with Crippen molar-refractivity contribution >= 4 is 22.5 Å². The van der Waals surface area contributed by atoms with E-state index in [4.69, 9.17) is 0 Å². The quantitative estimate of drug-likeness (QED) is 0.548. The van der Waals surface area contributed by atoms with Gasteiger partial charge < -0.3 is 10.3 Å². The molecule has 2 aromatic carbocycles. The van der Waals surface area contributed by atoms with Gasteiger partial charge in [-0.25, -0.2) is 4.68 Å². The highest BCUT2D eigenvalue weighted by Crippen LogP contribution is 2.33. The number of nitrogens with one attached hydrogen (secondary N) is 2. The molecule has 0 radical (unpaired) electrons. The Morgan fingerprint density at radius 1 is 1.07 bits per heavy atom. The maximum Gasteiger partial charge on any atom is 0.416 e. The lowest BCUT2D eigenvalue weighted by Gasteiger charge is -2.15. The number of pyridine rings is 1. The van der Waals surface area contributed by atoms with Gasteiger partial charge in [0, 0.05) is 29.4 Å². The van der Waals surface area contributed by atoms with Gasteiger partial charge in [0.05, 0.1) is 22.5 Å². The van der Waals surface area contributed by atoms with Gasteiger partial charge in [-0.05, 0) is 30.3 Å². The van der Waals surface area contributed by atoms with Crippen LogP contribution in [0.3, 0.4) is 0 Å². The number of para-hydroxylation sites is 1. The topological polar surface area (TPSA) is 79.8 Å². The number of benzene rings is 2. The molecule has 0 spiro atoms. The Hall–Kier alpha value is -3.88. The number of carbonyl (C=O) groups is 1. The second kappa shape index (κ2) is 6.93. The Bertz CT molecular complexity index is 1260. The van der Waals surface area contributed by atoms with E-state index < -0.39 is 23.2 Å². The fourth-order valence-corrected chi connectivity index (χ4v) is 3.01. The number of anilines is 1. The molecule has 2 aromatic heterocycles. The lowest BCUT2D eigenvalue weighted by Crippen LogP contribution is -2.18. The van der Waals surface area contributed by atoms with E-state index in [-0.39, 0.29) is 16.9 Å². The van der Waals surface area contributed by atoms with Gasteiger partial charge in [0.15, 0.2) is 0 Å². The Labute approximate surface area is 161 Å². The number of halogens is 3. The molecule has 0 aliphatic heterocycles. The van der Waals surface area contributed by atoms with Crippen LogP contribution < -0.4 is 10.9 Å². The van der Waals surface area contributed by atoms with E-state index in [9.17, 15) is 22.8 Å². The maximum atomic E-state index is 13.2. The summed E-state index contributed by atoms with van der Waals surface area (Å²) in [6, 6.07) is 12.3. The molecule has 146 valence electrons.